The second kappa shape index (κ2) is 12.0. The van der Waals surface area contributed by atoms with Crippen LogP contribution in [0.2, 0.25) is 0 Å². The van der Waals surface area contributed by atoms with E-state index in [0.717, 1.165) is 34.1 Å². The van der Waals surface area contributed by atoms with E-state index in [9.17, 15) is 19.5 Å². The first-order chi connectivity index (χ1) is 17.9. The third-order valence-electron chi connectivity index (χ3n) is 7.16. The van der Waals surface area contributed by atoms with Gasteiger partial charge in [0.1, 0.15) is 5.75 Å². The van der Waals surface area contributed by atoms with Crippen molar-refractivity contribution in [1.82, 2.24) is 9.88 Å². The number of carbonyl (C=O) groups excluding carboxylic acids is 2. The summed E-state index contributed by atoms with van der Waals surface area (Å²) in [5, 5.41) is 13.4. The van der Waals surface area contributed by atoms with E-state index < -0.39 is 5.97 Å². The third kappa shape index (κ3) is 6.50. The number of methoxy groups -OCH3 is 2. The smallest absolute Gasteiger partial charge is 0.335 e. The molecule has 196 valence electrons. The number of rotatable bonds is 11. The highest BCUT2D eigenvalue weighted by Gasteiger charge is 2.17. The summed E-state index contributed by atoms with van der Waals surface area (Å²) in [5.41, 5.74) is 3.82. The topological polar surface area (TPSA) is 107 Å². The molecule has 3 aromatic rings. The summed E-state index contributed by atoms with van der Waals surface area (Å²) in [6.07, 6.45) is 7.94. The van der Waals surface area contributed by atoms with Crippen molar-refractivity contribution in [2.24, 2.45) is 5.92 Å². The number of benzene rings is 2. The molecule has 0 spiro atoms. The molecule has 0 unspecified atom stereocenters. The highest BCUT2D eigenvalue weighted by molar-refractivity contribution is 5.89. The fourth-order valence-electron chi connectivity index (χ4n) is 5.10. The molecule has 8 heteroatoms. The van der Waals surface area contributed by atoms with E-state index in [2.05, 4.69) is 9.88 Å². The van der Waals surface area contributed by atoms with Gasteiger partial charge in [-0.15, -0.1) is 0 Å². The first-order valence-corrected chi connectivity index (χ1v) is 12.7. The molecule has 0 atom stereocenters. The molecule has 1 saturated carbocycles. The number of carboxylic acids is 1. The van der Waals surface area contributed by atoms with Crippen molar-refractivity contribution in [3.63, 3.8) is 0 Å². The highest BCUT2D eigenvalue weighted by atomic mass is 16.5. The van der Waals surface area contributed by atoms with Crippen LogP contribution in [0.25, 0.3) is 10.9 Å². The van der Waals surface area contributed by atoms with Gasteiger partial charge in [-0.05, 0) is 54.5 Å². The van der Waals surface area contributed by atoms with Crippen molar-refractivity contribution in [3.05, 3.63) is 64.8 Å². The Bertz CT molecular complexity index is 1290. The van der Waals surface area contributed by atoms with Crippen LogP contribution in [0.3, 0.4) is 0 Å². The van der Waals surface area contributed by atoms with Crippen molar-refractivity contribution in [1.29, 1.82) is 0 Å². The minimum absolute atomic E-state index is 0.0150. The number of aromatic carboxylic acids is 1. The number of aryl methyl sites for hydroxylation is 1. The summed E-state index contributed by atoms with van der Waals surface area (Å²) in [4.78, 5) is 35.8. The molecule has 8 nitrogen and oxygen atoms in total. The number of hydrogen-bond donors (Lipinski definition) is 2. The van der Waals surface area contributed by atoms with Gasteiger partial charge in [0.25, 0.3) is 0 Å². The standard InChI is InChI=1S/C29H34N2O6/c1-36-26-15-21(29(34)35)8-9-23(26)18-31-17-22(10-12-28(33)37-2)24-11-7-20(13-25(24)31)14-27(32)30-16-19-5-3-4-6-19/h7-9,11,13,15,17,19H,3-6,10,12,14,16,18H2,1-2H3,(H,30,32)(H,34,35). The average molecular weight is 507 g/mol. The normalized spacial score (nSPS) is 13.6. The number of fused-ring (bicyclic) bond motifs is 1. The van der Waals surface area contributed by atoms with Gasteiger partial charge in [-0.1, -0.05) is 31.0 Å². The monoisotopic (exact) mass is 506 g/mol. The van der Waals surface area contributed by atoms with Crippen LogP contribution in [0.4, 0.5) is 0 Å². The zero-order chi connectivity index (χ0) is 26.4. The van der Waals surface area contributed by atoms with E-state index in [-0.39, 0.29) is 23.9 Å². The SMILES string of the molecule is COC(=O)CCc1cn(Cc2ccc(C(=O)O)cc2OC)c2cc(CC(=O)NCC3CCCC3)ccc12. The van der Waals surface area contributed by atoms with E-state index in [4.69, 9.17) is 9.47 Å². The van der Waals surface area contributed by atoms with Crippen LogP contribution in [-0.4, -0.2) is 48.3 Å². The lowest BCUT2D eigenvalue weighted by Gasteiger charge is -2.12. The van der Waals surface area contributed by atoms with Gasteiger partial charge in [0.2, 0.25) is 5.91 Å². The predicted molar refractivity (Wildman–Crippen MR) is 140 cm³/mol. The molecule has 2 aromatic carbocycles. The van der Waals surface area contributed by atoms with E-state index in [1.54, 1.807) is 12.1 Å². The number of ether oxygens (including phenoxy) is 2. The maximum absolute atomic E-state index is 12.6. The van der Waals surface area contributed by atoms with Crippen LogP contribution in [-0.2, 0) is 33.7 Å². The molecule has 1 amide bonds. The van der Waals surface area contributed by atoms with Gasteiger partial charge < -0.3 is 24.5 Å². The summed E-state index contributed by atoms with van der Waals surface area (Å²) < 4.78 is 12.3. The largest absolute Gasteiger partial charge is 0.496 e. The van der Waals surface area contributed by atoms with Crippen LogP contribution in [0.15, 0.2) is 42.6 Å². The molecule has 4 rings (SSSR count). The van der Waals surface area contributed by atoms with Crippen LogP contribution in [0.5, 0.6) is 5.75 Å². The summed E-state index contributed by atoms with van der Waals surface area (Å²) in [5.74, 6) is -0.204. The summed E-state index contributed by atoms with van der Waals surface area (Å²) in [6.45, 7) is 1.18. The van der Waals surface area contributed by atoms with Gasteiger partial charge in [0.15, 0.2) is 0 Å². The number of nitrogens with zero attached hydrogens (tertiary/aromatic N) is 1. The van der Waals surface area contributed by atoms with Crippen LogP contribution >= 0.6 is 0 Å². The maximum atomic E-state index is 12.6. The molecule has 37 heavy (non-hydrogen) atoms. The third-order valence-corrected chi connectivity index (χ3v) is 7.16. The lowest BCUT2D eigenvalue weighted by Crippen LogP contribution is -2.29. The number of aromatic nitrogens is 1. The Morgan fingerprint density at radius 1 is 1.05 bits per heavy atom. The molecule has 0 radical (unpaired) electrons. The van der Waals surface area contributed by atoms with E-state index >= 15 is 0 Å². The number of amides is 1. The fourth-order valence-corrected chi connectivity index (χ4v) is 5.10. The van der Waals surface area contributed by atoms with Gasteiger partial charge in [-0.2, -0.15) is 0 Å². The maximum Gasteiger partial charge on any atom is 0.335 e. The Hall–Kier alpha value is -3.81. The summed E-state index contributed by atoms with van der Waals surface area (Å²) in [6, 6.07) is 10.8. The molecule has 1 fully saturated rings. The van der Waals surface area contributed by atoms with Gasteiger partial charge in [-0.3, -0.25) is 9.59 Å². The number of carbonyl (C=O) groups is 3. The quantitative estimate of drug-likeness (QED) is 0.375. The minimum atomic E-state index is -1.02. The first kappa shape index (κ1) is 26.3. The number of nitrogens with one attached hydrogen (secondary N) is 1. The second-order valence-corrected chi connectivity index (χ2v) is 9.67. The fraction of sp³-hybridized carbons (Fsp3) is 0.414. The van der Waals surface area contributed by atoms with Gasteiger partial charge in [0, 0.05) is 35.6 Å². The van der Waals surface area contributed by atoms with Gasteiger partial charge in [0.05, 0.1) is 32.7 Å². The predicted octanol–water partition coefficient (Wildman–Crippen LogP) is 4.35. The second-order valence-electron chi connectivity index (χ2n) is 9.67. The first-order valence-electron chi connectivity index (χ1n) is 12.7. The molecular weight excluding hydrogens is 472 g/mol. The van der Waals surface area contributed by atoms with Crippen molar-refractivity contribution in [3.8, 4) is 5.75 Å². The number of hydrogen-bond acceptors (Lipinski definition) is 5. The lowest BCUT2D eigenvalue weighted by molar-refractivity contribution is -0.140. The van der Waals surface area contributed by atoms with Crippen molar-refractivity contribution < 1.29 is 29.0 Å². The molecule has 1 aliphatic carbocycles. The number of esters is 1. The molecular formula is C29H34N2O6. The van der Waals surface area contributed by atoms with E-state index in [1.807, 2.05) is 24.4 Å². The zero-order valence-electron chi connectivity index (χ0n) is 21.4. The number of carboxylic acid groups (broad SMARTS) is 1. The van der Waals surface area contributed by atoms with Crippen molar-refractivity contribution in [2.45, 2.75) is 51.5 Å². The Labute approximate surface area is 216 Å². The molecule has 1 heterocycles. The molecule has 0 bridgehead atoms. The van der Waals surface area contributed by atoms with Gasteiger partial charge in [-0.25, -0.2) is 4.79 Å². The molecule has 0 saturated heterocycles. The Morgan fingerprint density at radius 2 is 1.84 bits per heavy atom. The van der Waals surface area contributed by atoms with Crippen LogP contribution < -0.4 is 10.1 Å². The Kier molecular flexibility index (Phi) is 8.48. The highest BCUT2D eigenvalue weighted by Crippen LogP contribution is 2.28. The summed E-state index contributed by atoms with van der Waals surface area (Å²) in [7, 11) is 2.89. The van der Waals surface area contributed by atoms with Crippen LogP contribution in [0.1, 0.15) is 59.2 Å². The van der Waals surface area contributed by atoms with Crippen LogP contribution in [0, 0.1) is 5.92 Å². The molecule has 2 N–H and O–H groups in total. The average Bonchev–Trinajstić information content (AvgIpc) is 3.54. The molecule has 1 aliphatic rings. The molecule has 1 aromatic heterocycles. The Morgan fingerprint density at radius 3 is 2.54 bits per heavy atom. The zero-order valence-corrected chi connectivity index (χ0v) is 21.4. The van der Waals surface area contributed by atoms with E-state index in [0.29, 0.717) is 31.1 Å². The lowest BCUT2D eigenvalue weighted by atomic mass is 10.0. The summed E-state index contributed by atoms with van der Waals surface area (Å²) >= 11 is 0. The Balaban J connectivity index is 1.60. The van der Waals surface area contributed by atoms with Gasteiger partial charge >= 0.3 is 11.9 Å². The molecule has 0 aliphatic heterocycles. The van der Waals surface area contributed by atoms with Crippen molar-refractivity contribution >= 4 is 28.7 Å². The van der Waals surface area contributed by atoms with Crippen molar-refractivity contribution in [2.75, 3.05) is 20.8 Å². The minimum Gasteiger partial charge on any atom is -0.496 e. The van der Waals surface area contributed by atoms with E-state index in [1.165, 1.54) is 46.0 Å².